The predicted molar refractivity (Wildman–Crippen MR) is 59.0 cm³/mol. The highest BCUT2D eigenvalue weighted by Crippen LogP contribution is 2.56. The molecule has 2 nitrogen and oxygen atoms in total. The van der Waals surface area contributed by atoms with Crippen molar-refractivity contribution in [3.8, 4) is 0 Å². The molecule has 0 radical (unpaired) electrons. The average molecular weight is 222 g/mol. The van der Waals surface area contributed by atoms with Gasteiger partial charge in [0.15, 0.2) is 0 Å². The number of hydrogen-bond acceptors (Lipinski definition) is 1. The number of nitrogens with one attached hydrogen (secondary N) is 1. The summed E-state index contributed by atoms with van der Waals surface area (Å²) in [4.78, 5) is 11.0. The van der Waals surface area contributed by atoms with Crippen molar-refractivity contribution in [1.29, 1.82) is 0 Å². The number of halogens is 1. The Morgan fingerprint density at radius 1 is 1.53 bits per heavy atom. The number of fused-ring (bicyclic) bond motifs is 3. The molecule has 0 aromatic heterocycles. The minimum absolute atomic E-state index is 0.0740. The Bertz CT molecular complexity index is 443. The van der Waals surface area contributed by atoms with Crippen molar-refractivity contribution in [1.82, 2.24) is 5.32 Å². The van der Waals surface area contributed by atoms with Gasteiger partial charge in [0, 0.05) is 23.9 Å². The fraction of sp³-hybridized carbons (Fsp3) is 0.417. The summed E-state index contributed by atoms with van der Waals surface area (Å²) < 4.78 is 0. The van der Waals surface area contributed by atoms with Crippen LogP contribution in [0.25, 0.3) is 0 Å². The molecule has 2 aliphatic rings. The molecular formula is C12H12ClNO. The molecule has 3 atom stereocenters. The lowest BCUT2D eigenvalue weighted by Crippen LogP contribution is -2.25. The van der Waals surface area contributed by atoms with Gasteiger partial charge in [0.1, 0.15) is 0 Å². The van der Waals surface area contributed by atoms with Crippen LogP contribution in [-0.2, 0) is 11.2 Å². The molecule has 0 aliphatic heterocycles. The van der Waals surface area contributed by atoms with E-state index < -0.39 is 0 Å². The number of amides is 1. The molecule has 15 heavy (non-hydrogen) atoms. The summed E-state index contributed by atoms with van der Waals surface area (Å²) in [6.07, 6.45) is 1.06. The molecule has 3 rings (SSSR count). The van der Waals surface area contributed by atoms with Crippen LogP contribution < -0.4 is 5.32 Å². The number of rotatable bonds is 1. The highest BCUT2D eigenvalue weighted by atomic mass is 35.5. The molecule has 1 N–H and O–H groups in total. The van der Waals surface area contributed by atoms with Crippen LogP contribution in [0.3, 0.4) is 0 Å². The maximum atomic E-state index is 11.0. The van der Waals surface area contributed by atoms with Gasteiger partial charge in [-0.15, -0.1) is 0 Å². The number of carbonyl (C=O) groups excluding carboxylic acids is 1. The largest absolute Gasteiger partial charge is 0.353 e. The quantitative estimate of drug-likeness (QED) is 0.773. The summed E-state index contributed by atoms with van der Waals surface area (Å²) in [5, 5.41) is 3.81. The van der Waals surface area contributed by atoms with E-state index in [1.165, 1.54) is 11.1 Å². The Hall–Kier alpha value is -1.02. The second kappa shape index (κ2) is 2.99. The van der Waals surface area contributed by atoms with Gasteiger partial charge < -0.3 is 5.32 Å². The van der Waals surface area contributed by atoms with Crippen molar-refractivity contribution in [2.75, 3.05) is 0 Å². The van der Waals surface area contributed by atoms with Gasteiger partial charge in [-0.25, -0.2) is 0 Å². The summed E-state index contributed by atoms with van der Waals surface area (Å²) in [7, 11) is 0. The van der Waals surface area contributed by atoms with Crippen molar-refractivity contribution in [2.45, 2.75) is 25.3 Å². The smallest absolute Gasteiger partial charge is 0.217 e. The van der Waals surface area contributed by atoms with Gasteiger partial charge in [0.05, 0.1) is 0 Å². The Morgan fingerprint density at radius 2 is 2.33 bits per heavy atom. The molecule has 0 heterocycles. The second-order valence-corrected chi connectivity index (χ2v) is 4.90. The first kappa shape index (κ1) is 9.22. The maximum Gasteiger partial charge on any atom is 0.217 e. The van der Waals surface area contributed by atoms with Gasteiger partial charge in [0.2, 0.25) is 5.91 Å². The van der Waals surface area contributed by atoms with E-state index in [1.807, 2.05) is 12.1 Å². The van der Waals surface area contributed by atoms with Gasteiger partial charge in [0.25, 0.3) is 0 Å². The minimum atomic E-state index is 0.0740. The molecule has 2 aliphatic carbocycles. The van der Waals surface area contributed by atoms with E-state index in [1.54, 1.807) is 6.92 Å². The lowest BCUT2D eigenvalue weighted by molar-refractivity contribution is -0.119. The molecule has 1 saturated carbocycles. The first-order valence-corrected chi connectivity index (χ1v) is 5.60. The van der Waals surface area contributed by atoms with E-state index in [2.05, 4.69) is 11.4 Å². The molecule has 3 heteroatoms. The fourth-order valence-corrected chi connectivity index (χ4v) is 3.01. The fourth-order valence-electron chi connectivity index (χ4n) is 2.81. The van der Waals surface area contributed by atoms with Crippen LogP contribution in [0.2, 0.25) is 5.02 Å². The van der Waals surface area contributed by atoms with Crippen molar-refractivity contribution in [2.24, 2.45) is 5.92 Å². The number of hydrogen-bond donors (Lipinski definition) is 1. The molecule has 1 aromatic rings. The van der Waals surface area contributed by atoms with Crippen LogP contribution in [0.15, 0.2) is 18.2 Å². The summed E-state index contributed by atoms with van der Waals surface area (Å²) in [5.74, 6) is 1.23. The van der Waals surface area contributed by atoms with E-state index in [-0.39, 0.29) is 5.91 Å². The lowest BCUT2D eigenvalue weighted by atomic mass is 10.1. The van der Waals surface area contributed by atoms with E-state index >= 15 is 0 Å². The zero-order valence-corrected chi connectivity index (χ0v) is 9.21. The molecule has 1 fully saturated rings. The van der Waals surface area contributed by atoms with Gasteiger partial charge in [-0.05, 0) is 35.6 Å². The van der Waals surface area contributed by atoms with Gasteiger partial charge in [-0.1, -0.05) is 17.7 Å². The molecule has 0 spiro atoms. The minimum Gasteiger partial charge on any atom is -0.353 e. The molecular weight excluding hydrogens is 210 g/mol. The lowest BCUT2D eigenvalue weighted by Gasteiger charge is -2.08. The van der Waals surface area contributed by atoms with Crippen molar-refractivity contribution < 1.29 is 4.79 Å². The van der Waals surface area contributed by atoms with Crippen LogP contribution in [-0.4, -0.2) is 11.9 Å². The topological polar surface area (TPSA) is 29.1 Å². The third-order valence-corrected chi connectivity index (χ3v) is 3.69. The number of benzene rings is 1. The highest BCUT2D eigenvalue weighted by molar-refractivity contribution is 6.30. The summed E-state index contributed by atoms with van der Waals surface area (Å²) in [6, 6.07) is 6.46. The van der Waals surface area contributed by atoms with E-state index in [9.17, 15) is 4.79 Å². The van der Waals surface area contributed by atoms with E-state index in [0.29, 0.717) is 17.9 Å². The standard InChI is InChI=1S/C12H12ClNO/c1-6(15)14-12-10-5-7-4-8(13)2-3-9(7)11(10)12/h2-4,10-12H,5H2,1H3,(H,14,15). The van der Waals surface area contributed by atoms with Crippen molar-refractivity contribution >= 4 is 17.5 Å². The molecule has 0 bridgehead atoms. The third-order valence-electron chi connectivity index (χ3n) is 3.46. The summed E-state index contributed by atoms with van der Waals surface area (Å²) in [5.41, 5.74) is 2.74. The molecule has 78 valence electrons. The zero-order valence-electron chi connectivity index (χ0n) is 8.46. The van der Waals surface area contributed by atoms with Gasteiger partial charge in [-0.2, -0.15) is 0 Å². The second-order valence-electron chi connectivity index (χ2n) is 4.46. The van der Waals surface area contributed by atoms with Crippen LogP contribution in [0, 0.1) is 5.92 Å². The van der Waals surface area contributed by atoms with E-state index in [0.717, 1.165) is 11.4 Å². The van der Waals surface area contributed by atoms with Gasteiger partial charge >= 0.3 is 0 Å². The molecule has 1 amide bonds. The summed E-state index contributed by atoms with van der Waals surface area (Å²) in [6.45, 7) is 1.58. The van der Waals surface area contributed by atoms with Crippen LogP contribution >= 0.6 is 11.6 Å². The van der Waals surface area contributed by atoms with Crippen LogP contribution in [0.4, 0.5) is 0 Å². The monoisotopic (exact) mass is 221 g/mol. The Balaban J connectivity index is 1.85. The Kier molecular flexibility index (Phi) is 1.84. The SMILES string of the molecule is CC(=O)NC1C2Cc3cc(Cl)ccc3C21. The number of carbonyl (C=O) groups is 1. The maximum absolute atomic E-state index is 11.0. The summed E-state index contributed by atoms with van der Waals surface area (Å²) >= 11 is 5.94. The van der Waals surface area contributed by atoms with Gasteiger partial charge in [-0.3, -0.25) is 4.79 Å². The molecule has 0 saturated heterocycles. The van der Waals surface area contributed by atoms with Crippen molar-refractivity contribution in [3.05, 3.63) is 34.3 Å². The van der Waals surface area contributed by atoms with Crippen molar-refractivity contribution in [3.63, 3.8) is 0 Å². The third kappa shape index (κ3) is 1.36. The first-order chi connectivity index (χ1) is 7.16. The first-order valence-electron chi connectivity index (χ1n) is 5.22. The predicted octanol–water partition coefficient (Wildman–Crippen LogP) is 2.11. The van der Waals surface area contributed by atoms with E-state index in [4.69, 9.17) is 11.6 Å². The molecule has 1 aromatic carbocycles. The Labute approximate surface area is 93.6 Å². The normalized spacial score (nSPS) is 30.7. The zero-order chi connectivity index (χ0) is 10.6. The van der Waals surface area contributed by atoms with Crippen LogP contribution in [0.5, 0.6) is 0 Å². The molecule has 3 unspecified atom stereocenters. The Morgan fingerprint density at radius 3 is 3.07 bits per heavy atom. The average Bonchev–Trinajstić information content (AvgIpc) is 2.69. The van der Waals surface area contributed by atoms with Crippen LogP contribution in [0.1, 0.15) is 24.0 Å². The highest BCUT2D eigenvalue weighted by Gasteiger charge is 2.55.